The van der Waals surface area contributed by atoms with Crippen molar-refractivity contribution in [2.75, 3.05) is 14.1 Å². The second-order valence-corrected chi connectivity index (χ2v) is 2.02. The van der Waals surface area contributed by atoms with Crippen molar-refractivity contribution in [3.05, 3.63) is 12.3 Å². The number of nitrogens with zero attached hydrogens (tertiary/aromatic N) is 2. The molecule has 0 spiro atoms. The molecule has 0 aliphatic rings. The summed E-state index contributed by atoms with van der Waals surface area (Å²) in [5, 5.41) is 7.21. The number of hydrogen-bond acceptors (Lipinski definition) is 2. The van der Waals surface area contributed by atoms with Crippen LogP contribution < -0.4 is 0 Å². The highest BCUT2D eigenvalue weighted by molar-refractivity contribution is 5.87. The van der Waals surface area contributed by atoms with Crippen LogP contribution in [-0.2, 0) is 0 Å². The van der Waals surface area contributed by atoms with Gasteiger partial charge in [-0.05, 0) is 6.92 Å². The van der Waals surface area contributed by atoms with Gasteiger partial charge in [0.2, 0.25) is 0 Å². The zero-order valence-corrected chi connectivity index (χ0v) is 6.68. The molecule has 0 unspecified atom stereocenters. The van der Waals surface area contributed by atoms with Crippen molar-refractivity contribution in [3.8, 4) is 0 Å². The van der Waals surface area contributed by atoms with E-state index in [0.29, 0.717) is 5.84 Å². The van der Waals surface area contributed by atoms with Gasteiger partial charge < -0.3 is 4.90 Å². The van der Waals surface area contributed by atoms with Crippen molar-refractivity contribution in [3.63, 3.8) is 0 Å². The molecule has 3 nitrogen and oxygen atoms in total. The van der Waals surface area contributed by atoms with E-state index in [0.717, 1.165) is 5.70 Å². The first-order chi connectivity index (χ1) is 4.59. The lowest BCUT2D eigenvalue weighted by Crippen LogP contribution is -2.22. The maximum Gasteiger partial charge on any atom is 0.0968 e. The number of amidine groups is 1. The summed E-state index contributed by atoms with van der Waals surface area (Å²) < 4.78 is 0. The molecule has 0 heterocycles. The van der Waals surface area contributed by atoms with Gasteiger partial charge in [0.15, 0.2) is 0 Å². The van der Waals surface area contributed by atoms with Crippen molar-refractivity contribution in [1.82, 2.24) is 4.90 Å². The summed E-state index contributed by atoms with van der Waals surface area (Å²) in [6, 6.07) is 0. The Bertz CT molecular complexity index is 170. The van der Waals surface area contributed by atoms with Crippen LogP contribution in [0, 0.1) is 5.41 Å². The summed E-state index contributed by atoms with van der Waals surface area (Å²) in [6.45, 7) is 5.40. The molecule has 0 aromatic heterocycles. The average molecular weight is 139 g/mol. The fourth-order valence-electron chi connectivity index (χ4n) is 0.451. The Labute approximate surface area is 61.6 Å². The molecule has 3 heteroatoms. The zero-order chi connectivity index (χ0) is 8.15. The Hall–Kier alpha value is -1.12. The molecule has 0 saturated carbocycles. The third kappa shape index (κ3) is 2.44. The maximum atomic E-state index is 7.21. The van der Waals surface area contributed by atoms with Gasteiger partial charge in [-0.3, -0.25) is 10.4 Å². The van der Waals surface area contributed by atoms with Gasteiger partial charge >= 0.3 is 0 Å². The standard InChI is InChI=1S/C7H13N3/c1-6(5-9-3)10(4)7(2)8/h5,8H,1H2,2-4H3. The highest BCUT2D eigenvalue weighted by atomic mass is 15.1. The van der Waals surface area contributed by atoms with Crippen LogP contribution in [0.1, 0.15) is 6.92 Å². The normalized spacial score (nSPS) is 9.90. The van der Waals surface area contributed by atoms with E-state index in [1.54, 1.807) is 32.1 Å². The largest absolute Gasteiger partial charge is 0.333 e. The molecule has 0 bridgehead atoms. The molecule has 0 atom stereocenters. The van der Waals surface area contributed by atoms with E-state index in [-0.39, 0.29) is 0 Å². The van der Waals surface area contributed by atoms with E-state index in [1.165, 1.54) is 0 Å². The molecule has 0 radical (unpaired) electrons. The van der Waals surface area contributed by atoms with Crippen molar-refractivity contribution in [2.45, 2.75) is 6.92 Å². The summed E-state index contributed by atoms with van der Waals surface area (Å²) >= 11 is 0. The monoisotopic (exact) mass is 139 g/mol. The van der Waals surface area contributed by atoms with Crippen LogP contribution >= 0.6 is 0 Å². The summed E-state index contributed by atoms with van der Waals surface area (Å²) in [6.07, 6.45) is 1.62. The predicted molar refractivity (Wildman–Crippen MR) is 44.7 cm³/mol. The van der Waals surface area contributed by atoms with Gasteiger partial charge in [-0.15, -0.1) is 0 Å². The molecule has 0 aliphatic heterocycles. The number of hydrogen-bond donors (Lipinski definition) is 1. The van der Waals surface area contributed by atoms with E-state index in [9.17, 15) is 0 Å². The summed E-state index contributed by atoms with van der Waals surface area (Å²) in [5.41, 5.74) is 0.731. The van der Waals surface area contributed by atoms with Gasteiger partial charge in [0.25, 0.3) is 0 Å². The number of allylic oxidation sites excluding steroid dienone is 1. The lowest BCUT2D eigenvalue weighted by atomic mass is 10.4. The molecule has 1 N–H and O–H groups in total. The zero-order valence-electron chi connectivity index (χ0n) is 6.68. The average Bonchev–Trinajstić information content (AvgIpc) is 1.87. The van der Waals surface area contributed by atoms with E-state index < -0.39 is 0 Å². The highest BCUT2D eigenvalue weighted by Crippen LogP contribution is 1.94. The maximum absolute atomic E-state index is 7.21. The molecule has 0 aromatic rings. The Morgan fingerprint density at radius 3 is 2.50 bits per heavy atom. The molecule has 0 saturated heterocycles. The SMILES string of the molecule is C=C(C=NC)N(C)C(C)=N. The molecule has 0 fully saturated rings. The molecule has 0 rings (SSSR count). The van der Waals surface area contributed by atoms with Gasteiger partial charge in [0.05, 0.1) is 11.5 Å². The van der Waals surface area contributed by atoms with Gasteiger partial charge in [0.1, 0.15) is 0 Å². The molecular weight excluding hydrogens is 126 g/mol. The van der Waals surface area contributed by atoms with E-state index in [2.05, 4.69) is 11.6 Å². The minimum atomic E-state index is 0.463. The lowest BCUT2D eigenvalue weighted by molar-refractivity contribution is 0.655. The lowest BCUT2D eigenvalue weighted by Gasteiger charge is -2.15. The van der Waals surface area contributed by atoms with Crippen molar-refractivity contribution in [2.24, 2.45) is 4.99 Å². The minimum Gasteiger partial charge on any atom is -0.333 e. The first kappa shape index (κ1) is 8.88. The van der Waals surface area contributed by atoms with Crippen LogP contribution in [0.5, 0.6) is 0 Å². The molecular formula is C7H13N3. The van der Waals surface area contributed by atoms with Crippen LogP contribution in [0.3, 0.4) is 0 Å². The second-order valence-electron chi connectivity index (χ2n) is 2.02. The summed E-state index contributed by atoms with van der Waals surface area (Å²) in [4.78, 5) is 5.44. The predicted octanol–water partition coefficient (Wildman–Crippen LogP) is 1.13. The van der Waals surface area contributed by atoms with E-state index in [1.807, 2.05) is 0 Å². The molecule has 0 aliphatic carbocycles. The van der Waals surface area contributed by atoms with Crippen LogP contribution in [0.2, 0.25) is 0 Å². The van der Waals surface area contributed by atoms with Crippen LogP contribution in [-0.4, -0.2) is 31.0 Å². The van der Waals surface area contributed by atoms with Crippen molar-refractivity contribution < 1.29 is 0 Å². The highest BCUT2D eigenvalue weighted by Gasteiger charge is 1.98. The topological polar surface area (TPSA) is 39.5 Å². The Morgan fingerprint density at radius 2 is 2.20 bits per heavy atom. The second kappa shape index (κ2) is 3.82. The van der Waals surface area contributed by atoms with Crippen LogP contribution in [0.25, 0.3) is 0 Å². The third-order valence-corrected chi connectivity index (χ3v) is 1.21. The Morgan fingerprint density at radius 1 is 1.70 bits per heavy atom. The first-order valence-corrected chi connectivity index (χ1v) is 2.99. The van der Waals surface area contributed by atoms with E-state index >= 15 is 0 Å². The Kier molecular flexibility index (Phi) is 3.39. The van der Waals surface area contributed by atoms with Crippen molar-refractivity contribution in [1.29, 1.82) is 5.41 Å². The van der Waals surface area contributed by atoms with E-state index in [4.69, 9.17) is 5.41 Å². The molecule has 10 heavy (non-hydrogen) atoms. The van der Waals surface area contributed by atoms with Crippen molar-refractivity contribution >= 4 is 12.1 Å². The number of aliphatic imine (C=N–C) groups is 1. The minimum absolute atomic E-state index is 0.463. The van der Waals surface area contributed by atoms with Gasteiger partial charge in [-0.2, -0.15) is 0 Å². The van der Waals surface area contributed by atoms with Gasteiger partial charge in [0, 0.05) is 20.3 Å². The number of nitrogens with one attached hydrogen (secondary N) is 1. The fourth-order valence-corrected chi connectivity index (χ4v) is 0.451. The summed E-state index contributed by atoms with van der Waals surface area (Å²) in [5.74, 6) is 0.463. The number of rotatable bonds is 2. The first-order valence-electron chi connectivity index (χ1n) is 2.99. The molecule has 56 valence electrons. The Balaban J connectivity index is 4.08. The quantitative estimate of drug-likeness (QED) is 0.452. The fraction of sp³-hybridized carbons (Fsp3) is 0.429. The van der Waals surface area contributed by atoms with Crippen LogP contribution in [0.4, 0.5) is 0 Å². The third-order valence-electron chi connectivity index (χ3n) is 1.21. The molecule has 0 amide bonds. The molecule has 0 aromatic carbocycles. The summed E-state index contributed by atoms with van der Waals surface area (Å²) in [7, 11) is 3.46. The van der Waals surface area contributed by atoms with Crippen LogP contribution in [0.15, 0.2) is 17.3 Å². The van der Waals surface area contributed by atoms with Gasteiger partial charge in [-0.1, -0.05) is 6.58 Å². The smallest absolute Gasteiger partial charge is 0.0968 e. The van der Waals surface area contributed by atoms with Gasteiger partial charge in [-0.25, -0.2) is 0 Å².